The molecule has 0 bridgehead atoms. The van der Waals surface area contributed by atoms with E-state index in [0.717, 1.165) is 24.3 Å². The van der Waals surface area contributed by atoms with Crippen molar-refractivity contribution in [3.8, 4) is 11.8 Å². The van der Waals surface area contributed by atoms with Crippen LogP contribution in [0.2, 0.25) is 0 Å². The van der Waals surface area contributed by atoms with Gasteiger partial charge in [0.2, 0.25) is 0 Å². The first-order valence-corrected chi connectivity index (χ1v) is 7.57. The monoisotopic (exact) mass is 284 g/mol. The molecule has 1 aliphatic heterocycles. The van der Waals surface area contributed by atoms with Crippen molar-refractivity contribution in [3.63, 3.8) is 0 Å². The van der Waals surface area contributed by atoms with Crippen LogP contribution in [0.1, 0.15) is 43.6 Å². The van der Waals surface area contributed by atoms with Crippen LogP contribution in [0.25, 0.3) is 0 Å². The predicted octanol–water partition coefficient (Wildman–Crippen LogP) is 3.64. The van der Waals surface area contributed by atoms with Crippen molar-refractivity contribution < 1.29 is 9.57 Å². The number of oxime groups is 1. The zero-order chi connectivity index (χ0) is 14.7. The second-order valence-corrected chi connectivity index (χ2v) is 5.76. The van der Waals surface area contributed by atoms with Crippen molar-refractivity contribution >= 4 is 5.71 Å². The standard InChI is InChI=1S/C17H20N2O2/c1-20-13-8-6-12(7-9-13)17-14-4-2-3-5-16(14)21-19-15(17)10-11-18/h6-9,14,16-17H,2-5,10H2,1H3/t14-,16+,17+/m0/s1. The molecule has 0 radical (unpaired) electrons. The van der Waals surface area contributed by atoms with Crippen molar-refractivity contribution in [2.75, 3.05) is 7.11 Å². The molecule has 1 aromatic carbocycles. The molecule has 0 spiro atoms. The van der Waals surface area contributed by atoms with E-state index in [4.69, 9.17) is 14.8 Å². The van der Waals surface area contributed by atoms with Gasteiger partial charge in [0.15, 0.2) is 0 Å². The highest BCUT2D eigenvalue weighted by molar-refractivity contribution is 5.93. The van der Waals surface area contributed by atoms with Gasteiger partial charge in [-0.15, -0.1) is 0 Å². The zero-order valence-electron chi connectivity index (χ0n) is 12.3. The third-order valence-electron chi connectivity index (χ3n) is 4.58. The number of hydrogen-bond acceptors (Lipinski definition) is 4. The maximum Gasteiger partial charge on any atom is 0.131 e. The molecule has 2 aliphatic rings. The highest BCUT2D eigenvalue weighted by Crippen LogP contribution is 2.42. The highest BCUT2D eigenvalue weighted by Gasteiger charge is 2.40. The van der Waals surface area contributed by atoms with Crippen molar-refractivity contribution in [3.05, 3.63) is 29.8 Å². The largest absolute Gasteiger partial charge is 0.497 e. The van der Waals surface area contributed by atoms with Crippen LogP contribution in [0.3, 0.4) is 0 Å². The van der Waals surface area contributed by atoms with Crippen LogP contribution in [-0.4, -0.2) is 18.9 Å². The van der Waals surface area contributed by atoms with Crippen molar-refractivity contribution in [1.29, 1.82) is 5.26 Å². The Hall–Kier alpha value is -2.02. The number of nitrogens with zero attached hydrogens (tertiary/aromatic N) is 2. The summed E-state index contributed by atoms with van der Waals surface area (Å²) in [6, 6.07) is 10.4. The summed E-state index contributed by atoms with van der Waals surface area (Å²) in [6.07, 6.45) is 5.19. The number of nitriles is 1. The van der Waals surface area contributed by atoms with Crippen LogP contribution < -0.4 is 4.74 Å². The Labute approximate surface area is 125 Å². The normalized spacial score (nSPS) is 27.8. The van der Waals surface area contributed by atoms with E-state index >= 15 is 0 Å². The van der Waals surface area contributed by atoms with Crippen LogP contribution in [0.15, 0.2) is 29.4 Å². The molecule has 1 heterocycles. The first-order valence-electron chi connectivity index (χ1n) is 7.57. The molecule has 110 valence electrons. The minimum Gasteiger partial charge on any atom is -0.497 e. The Balaban J connectivity index is 1.94. The van der Waals surface area contributed by atoms with Crippen LogP contribution >= 0.6 is 0 Å². The van der Waals surface area contributed by atoms with E-state index in [1.165, 1.54) is 18.4 Å². The fourth-order valence-corrected chi connectivity index (χ4v) is 3.55. The molecule has 0 aromatic heterocycles. The first-order chi connectivity index (χ1) is 10.3. The van der Waals surface area contributed by atoms with Gasteiger partial charge in [-0.3, -0.25) is 0 Å². The fourth-order valence-electron chi connectivity index (χ4n) is 3.55. The molecule has 0 saturated heterocycles. The molecule has 21 heavy (non-hydrogen) atoms. The SMILES string of the molecule is COc1ccc([C@H]2C(CC#N)=NO[C@@H]3CCCC[C@H]23)cc1. The second kappa shape index (κ2) is 6.17. The molecule has 0 N–H and O–H groups in total. The third kappa shape index (κ3) is 2.73. The lowest BCUT2D eigenvalue weighted by molar-refractivity contribution is -0.0250. The molecule has 1 aromatic rings. The molecular weight excluding hydrogens is 264 g/mol. The maximum absolute atomic E-state index is 9.06. The molecule has 3 rings (SSSR count). The average molecular weight is 284 g/mol. The number of ether oxygens (including phenoxy) is 1. The molecular formula is C17H20N2O2. The van der Waals surface area contributed by atoms with Crippen molar-refractivity contribution in [2.24, 2.45) is 11.1 Å². The fraction of sp³-hybridized carbons (Fsp3) is 0.529. The average Bonchev–Trinajstić information content (AvgIpc) is 2.55. The van der Waals surface area contributed by atoms with Gasteiger partial charge in [0.25, 0.3) is 0 Å². The van der Waals surface area contributed by atoms with E-state index in [0.29, 0.717) is 12.3 Å². The van der Waals surface area contributed by atoms with Gasteiger partial charge in [-0.25, -0.2) is 0 Å². The molecule has 0 unspecified atom stereocenters. The highest BCUT2D eigenvalue weighted by atomic mass is 16.6. The molecule has 1 fully saturated rings. The van der Waals surface area contributed by atoms with Crippen LogP contribution in [0, 0.1) is 17.2 Å². The van der Waals surface area contributed by atoms with Crippen molar-refractivity contribution in [1.82, 2.24) is 0 Å². The Morgan fingerprint density at radius 1 is 1.29 bits per heavy atom. The van der Waals surface area contributed by atoms with Gasteiger partial charge in [0, 0.05) is 11.8 Å². The molecule has 4 heteroatoms. The van der Waals surface area contributed by atoms with Gasteiger partial charge in [-0.1, -0.05) is 23.7 Å². The van der Waals surface area contributed by atoms with Gasteiger partial charge >= 0.3 is 0 Å². The topological polar surface area (TPSA) is 54.6 Å². The summed E-state index contributed by atoms with van der Waals surface area (Å²) < 4.78 is 5.23. The summed E-state index contributed by atoms with van der Waals surface area (Å²) in [5.41, 5.74) is 2.08. The van der Waals surface area contributed by atoms with Gasteiger partial charge < -0.3 is 9.57 Å². The minimum atomic E-state index is 0.202. The molecule has 1 aliphatic carbocycles. The van der Waals surface area contributed by atoms with Gasteiger partial charge in [-0.2, -0.15) is 5.26 Å². The Bertz CT molecular complexity index is 559. The summed E-state index contributed by atoms with van der Waals surface area (Å²) in [7, 11) is 1.67. The van der Waals surface area contributed by atoms with Gasteiger partial charge in [-0.05, 0) is 37.0 Å². The lowest BCUT2D eigenvalue weighted by Crippen LogP contribution is -2.38. The summed E-state index contributed by atoms with van der Waals surface area (Å²) >= 11 is 0. The van der Waals surface area contributed by atoms with E-state index in [1.54, 1.807) is 7.11 Å². The summed E-state index contributed by atoms with van der Waals surface area (Å²) in [6.45, 7) is 0. The van der Waals surface area contributed by atoms with Crippen LogP contribution in [0.4, 0.5) is 0 Å². The Morgan fingerprint density at radius 2 is 2.05 bits per heavy atom. The minimum absolute atomic E-state index is 0.202. The lowest BCUT2D eigenvalue weighted by atomic mass is 9.72. The Kier molecular flexibility index (Phi) is 4.10. The van der Waals surface area contributed by atoms with Crippen molar-refractivity contribution in [2.45, 2.75) is 44.1 Å². The smallest absolute Gasteiger partial charge is 0.131 e. The lowest BCUT2D eigenvalue weighted by Gasteiger charge is -2.39. The molecule has 1 saturated carbocycles. The van der Waals surface area contributed by atoms with E-state index in [1.807, 2.05) is 12.1 Å². The van der Waals surface area contributed by atoms with E-state index < -0.39 is 0 Å². The zero-order valence-corrected chi connectivity index (χ0v) is 12.3. The van der Waals surface area contributed by atoms with Gasteiger partial charge in [0.05, 0.1) is 25.3 Å². The summed E-state index contributed by atoms with van der Waals surface area (Å²) in [5, 5.41) is 13.3. The van der Waals surface area contributed by atoms with E-state index in [2.05, 4.69) is 23.4 Å². The quantitative estimate of drug-likeness (QED) is 0.851. The van der Waals surface area contributed by atoms with Crippen LogP contribution in [-0.2, 0) is 4.84 Å². The molecule has 4 nitrogen and oxygen atoms in total. The molecule has 0 amide bonds. The number of fused-ring (bicyclic) bond motifs is 1. The van der Waals surface area contributed by atoms with Crippen LogP contribution in [0.5, 0.6) is 5.75 Å². The Morgan fingerprint density at radius 3 is 2.76 bits per heavy atom. The summed E-state index contributed by atoms with van der Waals surface area (Å²) in [5.74, 6) is 1.49. The predicted molar refractivity (Wildman–Crippen MR) is 80.2 cm³/mol. The third-order valence-corrected chi connectivity index (χ3v) is 4.58. The number of hydrogen-bond donors (Lipinski definition) is 0. The van der Waals surface area contributed by atoms with E-state index in [9.17, 15) is 0 Å². The first kappa shape index (κ1) is 13.9. The number of benzene rings is 1. The van der Waals surface area contributed by atoms with E-state index in [-0.39, 0.29) is 12.0 Å². The maximum atomic E-state index is 9.06. The summed E-state index contributed by atoms with van der Waals surface area (Å²) in [4.78, 5) is 5.66. The van der Waals surface area contributed by atoms with Gasteiger partial charge in [0.1, 0.15) is 11.9 Å². The second-order valence-electron chi connectivity index (χ2n) is 5.76. The molecule has 3 atom stereocenters. The number of rotatable bonds is 3. The number of methoxy groups -OCH3 is 1.